The van der Waals surface area contributed by atoms with Crippen molar-refractivity contribution in [2.24, 2.45) is 0 Å². The molecule has 0 spiro atoms. The van der Waals surface area contributed by atoms with Crippen LogP contribution in [0.25, 0.3) is 0 Å². The molecule has 0 aromatic heterocycles. The smallest absolute Gasteiger partial charge is 0.0107 e. The Kier molecular flexibility index (Phi) is 3.85. The summed E-state index contributed by atoms with van der Waals surface area (Å²) in [4.78, 5) is 0. The van der Waals surface area contributed by atoms with Crippen LogP contribution in [0, 0.1) is 0 Å². The molecular weight excluding hydrogens is 122 g/mol. The number of rotatable bonds is 3. The fraction of sp³-hybridized carbons (Fsp3) is 0.556. The molecule has 1 heteroatoms. The molecule has 1 nitrogen and oxygen atoms in total. The standard InChI is InChI=1S/C9H17N/c1-6-9(7(2)3)8(4)10-5/h10H,2,6H2,1,3-5H3/b9-8-. The summed E-state index contributed by atoms with van der Waals surface area (Å²) in [5, 5.41) is 3.12. The van der Waals surface area contributed by atoms with Gasteiger partial charge in [-0.15, -0.1) is 0 Å². The first-order valence-corrected chi connectivity index (χ1v) is 3.66. The van der Waals surface area contributed by atoms with E-state index >= 15 is 0 Å². The van der Waals surface area contributed by atoms with Crippen LogP contribution in [0.3, 0.4) is 0 Å². The van der Waals surface area contributed by atoms with Crippen molar-refractivity contribution in [3.05, 3.63) is 23.4 Å². The summed E-state index contributed by atoms with van der Waals surface area (Å²) in [5.74, 6) is 0. The van der Waals surface area contributed by atoms with Gasteiger partial charge < -0.3 is 5.32 Å². The molecule has 0 aromatic rings. The molecule has 0 saturated heterocycles. The summed E-state index contributed by atoms with van der Waals surface area (Å²) in [5.41, 5.74) is 3.73. The zero-order chi connectivity index (χ0) is 8.15. The monoisotopic (exact) mass is 139 g/mol. The van der Waals surface area contributed by atoms with Crippen LogP contribution >= 0.6 is 0 Å². The lowest BCUT2D eigenvalue weighted by Crippen LogP contribution is -2.05. The van der Waals surface area contributed by atoms with Crippen molar-refractivity contribution in [2.75, 3.05) is 7.05 Å². The van der Waals surface area contributed by atoms with E-state index in [0.717, 1.165) is 12.0 Å². The van der Waals surface area contributed by atoms with Crippen molar-refractivity contribution in [1.82, 2.24) is 5.32 Å². The molecule has 0 amide bonds. The molecule has 0 aliphatic heterocycles. The van der Waals surface area contributed by atoms with Gasteiger partial charge in [0.15, 0.2) is 0 Å². The third-order valence-corrected chi connectivity index (χ3v) is 1.70. The molecule has 0 unspecified atom stereocenters. The van der Waals surface area contributed by atoms with Gasteiger partial charge in [-0.1, -0.05) is 19.1 Å². The normalized spacial score (nSPS) is 12.4. The molecule has 0 aliphatic rings. The Morgan fingerprint density at radius 3 is 2.00 bits per heavy atom. The van der Waals surface area contributed by atoms with Crippen LogP contribution in [0.5, 0.6) is 0 Å². The predicted molar refractivity (Wildman–Crippen MR) is 46.9 cm³/mol. The minimum atomic E-state index is 1.06. The van der Waals surface area contributed by atoms with Gasteiger partial charge >= 0.3 is 0 Å². The van der Waals surface area contributed by atoms with Crippen molar-refractivity contribution in [3.63, 3.8) is 0 Å². The quantitative estimate of drug-likeness (QED) is 0.592. The largest absolute Gasteiger partial charge is 0.391 e. The molecule has 0 radical (unpaired) electrons. The molecule has 0 fully saturated rings. The van der Waals surface area contributed by atoms with E-state index in [9.17, 15) is 0 Å². The summed E-state index contributed by atoms with van der Waals surface area (Å²) < 4.78 is 0. The Bertz CT molecular complexity index is 154. The van der Waals surface area contributed by atoms with E-state index in [1.165, 1.54) is 11.3 Å². The van der Waals surface area contributed by atoms with Crippen molar-refractivity contribution in [2.45, 2.75) is 27.2 Å². The van der Waals surface area contributed by atoms with Gasteiger partial charge in [-0.05, 0) is 25.8 Å². The summed E-state index contributed by atoms with van der Waals surface area (Å²) in [6.07, 6.45) is 1.06. The number of hydrogen-bond acceptors (Lipinski definition) is 1. The Morgan fingerprint density at radius 2 is 1.90 bits per heavy atom. The molecule has 10 heavy (non-hydrogen) atoms. The summed E-state index contributed by atoms with van der Waals surface area (Å²) in [6.45, 7) is 10.2. The van der Waals surface area contributed by atoms with Crippen LogP contribution in [0.2, 0.25) is 0 Å². The van der Waals surface area contributed by atoms with Crippen LogP contribution in [0.4, 0.5) is 0 Å². The molecule has 0 aliphatic carbocycles. The molecule has 0 rings (SSSR count). The third-order valence-electron chi connectivity index (χ3n) is 1.70. The first kappa shape index (κ1) is 9.28. The number of nitrogens with one attached hydrogen (secondary N) is 1. The summed E-state index contributed by atoms with van der Waals surface area (Å²) >= 11 is 0. The maximum atomic E-state index is 3.90. The first-order valence-electron chi connectivity index (χ1n) is 3.66. The fourth-order valence-corrected chi connectivity index (χ4v) is 1.04. The maximum absolute atomic E-state index is 3.90. The van der Waals surface area contributed by atoms with Gasteiger partial charge in [-0.3, -0.25) is 0 Å². The molecule has 0 heterocycles. The first-order chi connectivity index (χ1) is 4.63. The highest BCUT2D eigenvalue weighted by Crippen LogP contribution is 2.13. The lowest BCUT2D eigenvalue weighted by atomic mass is 10.1. The molecule has 1 N–H and O–H groups in total. The third kappa shape index (κ3) is 2.26. The van der Waals surface area contributed by atoms with Gasteiger partial charge in [0, 0.05) is 12.7 Å². The Balaban J connectivity index is 4.45. The van der Waals surface area contributed by atoms with Crippen LogP contribution in [-0.4, -0.2) is 7.05 Å². The van der Waals surface area contributed by atoms with E-state index in [0.29, 0.717) is 0 Å². The molecular formula is C9H17N. The molecule has 0 saturated carbocycles. The van der Waals surface area contributed by atoms with Gasteiger partial charge in [0.2, 0.25) is 0 Å². The predicted octanol–water partition coefficient (Wildman–Crippen LogP) is 2.47. The number of hydrogen-bond donors (Lipinski definition) is 1. The van der Waals surface area contributed by atoms with Crippen LogP contribution in [0.15, 0.2) is 23.4 Å². The molecule has 0 aromatic carbocycles. The highest BCUT2D eigenvalue weighted by atomic mass is 14.8. The highest BCUT2D eigenvalue weighted by Gasteiger charge is 1.97. The second-order valence-corrected chi connectivity index (χ2v) is 2.49. The number of allylic oxidation sites excluding steroid dienone is 3. The molecule has 0 bridgehead atoms. The SMILES string of the molecule is C=C(C)/C(CC)=C(/C)NC. The van der Waals surface area contributed by atoms with Gasteiger partial charge in [0.25, 0.3) is 0 Å². The summed E-state index contributed by atoms with van der Waals surface area (Å²) in [7, 11) is 1.94. The lowest BCUT2D eigenvalue weighted by molar-refractivity contribution is 0.927. The van der Waals surface area contributed by atoms with Crippen LogP contribution in [-0.2, 0) is 0 Å². The average molecular weight is 139 g/mol. The zero-order valence-electron chi connectivity index (χ0n) is 7.41. The minimum absolute atomic E-state index is 1.06. The maximum Gasteiger partial charge on any atom is 0.0107 e. The zero-order valence-corrected chi connectivity index (χ0v) is 7.41. The van der Waals surface area contributed by atoms with E-state index in [4.69, 9.17) is 0 Å². The van der Waals surface area contributed by atoms with E-state index in [1.54, 1.807) is 0 Å². The van der Waals surface area contributed by atoms with Gasteiger partial charge in [-0.25, -0.2) is 0 Å². The average Bonchev–Trinajstić information content (AvgIpc) is 1.88. The van der Waals surface area contributed by atoms with Crippen LogP contribution in [0.1, 0.15) is 27.2 Å². The Morgan fingerprint density at radius 1 is 1.40 bits per heavy atom. The van der Waals surface area contributed by atoms with E-state index in [-0.39, 0.29) is 0 Å². The lowest BCUT2D eigenvalue weighted by Gasteiger charge is -2.08. The van der Waals surface area contributed by atoms with Crippen molar-refractivity contribution in [3.8, 4) is 0 Å². The molecule has 0 atom stereocenters. The van der Waals surface area contributed by atoms with Crippen molar-refractivity contribution < 1.29 is 0 Å². The van der Waals surface area contributed by atoms with Gasteiger partial charge in [0.1, 0.15) is 0 Å². The van der Waals surface area contributed by atoms with E-state index < -0.39 is 0 Å². The fourth-order valence-electron chi connectivity index (χ4n) is 1.04. The van der Waals surface area contributed by atoms with E-state index in [2.05, 4.69) is 25.7 Å². The van der Waals surface area contributed by atoms with Gasteiger partial charge in [-0.2, -0.15) is 0 Å². The van der Waals surface area contributed by atoms with E-state index in [1.807, 2.05) is 14.0 Å². The highest BCUT2D eigenvalue weighted by molar-refractivity contribution is 5.29. The second-order valence-electron chi connectivity index (χ2n) is 2.49. The topological polar surface area (TPSA) is 12.0 Å². The Labute approximate surface area is 63.8 Å². The second kappa shape index (κ2) is 4.15. The summed E-state index contributed by atoms with van der Waals surface area (Å²) in [6, 6.07) is 0. The van der Waals surface area contributed by atoms with Crippen molar-refractivity contribution >= 4 is 0 Å². The Hall–Kier alpha value is -0.720. The molecule has 58 valence electrons. The van der Waals surface area contributed by atoms with Crippen molar-refractivity contribution in [1.29, 1.82) is 0 Å². The van der Waals surface area contributed by atoms with Crippen LogP contribution < -0.4 is 5.32 Å². The minimum Gasteiger partial charge on any atom is -0.391 e. The van der Waals surface area contributed by atoms with Gasteiger partial charge in [0.05, 0.1) is 0 Å².